The first-order valence-electron chi connectivity index (χ1n) is 8.55. The molecule has 1 saturated heterocycles. The number of aromatic nitrogens is 3. The van der Waals surface area contributed by atoms with Gasteiger partial charge in [-0.25, -0.2) is 27.9 Å². The van der Waals surface area contributed by atoms with Gasteiger partial charge in [-0.2, -0.15) is 13.6 Å². The molecule has 2 heterocycles. The molecule has 1 aliphatic rings. The molecule has 3 unspecified atom stereocenters. The molecule has 192 valence electrons. The Kier molecular flexibility index (Phi) is 8.56. The third kappa shape index (κ3) is 6.97. The third-order valence-corrected chi connectivity index (χ3v) is 7.88. The number of hydrogen-bond donors (Lipinski definition) is 7. The van der Waals surface area contributed by atoms with Gasteiger partial charge in [0.05, 0.1) is 6.10 Å². The molecular weight excluding hydrogens is 536 g/mol. The van der Waals surface area contributed by atoms with E-state index < -0.39 is 71.9 Å². The number of phosphoric acid groups is 3. The van der Waals surface area contributed by atoms with Crippen molar-refractivity contribution in [3.8, 4) is 11.8 Å². The molecule has 18 nitrogen and oxygen atoms in total. The molecule has 1 aromatic heterocycles. The van der Waals surface area contributed by atoms with Crippen LogP contribution in [-0.4, -0.2) is 74.9 Å². The summed E-state index contributed by atoms with van der Waals surface area (Å²) in [4.78, 5) is 54.9. The normalized spacial score (nSPS) is 29.5. The first kappa shape index (κ1) is 28.6. The van der Waals surface area contributed by atoms with Gasteiger partial charge in [0.1, 0.15) is 25.2 Å². The van der Waals surface area contributed by atoms with Gasteiger partial charge in [0.2, 0.25) is 5.95 Å². The smallest absolute Gasteiger partial charge is 0.386 e. The lowest BCUT2D eigenvalue weighted by molar-refractivity contribution is -0.0873. The van der Waals surface area contributed by atoms with E-state index in [-0.39, 0.29) is 0 Å². The quantitative estimate of drug-likeness (QED) is 0.134. The zero-order chi connectivity index (χ0) is 26.1. The van der Waals surface area contributed by atoms with Crippen molar-refractivity contribution in [2.24, 2.45) is 0 Å². The minimum atomic E-state index is -5.84. The minimum absolute atomic E-state index is 0.462. The Bertz CT molecular complexity index is 1180. The van der Waals surface area contributed by atoms with Crippen molar-refractivity contribution in [3.63, 3.8) is 0 Å². The van der Waals surface area contributed by atoms with Gasteiger partial charge < -0.3 is 40.3 Å². The molecule has 0 bridgehead atoms. The molecule has 0 saturated carbocycles. The van der Waals surface area contributed by atoms with Crippen molar-refractivity contribution in [1.29, 1.82) is 0 Å². The molecule has 0 spiro atoms. The molecule has 1 aromatic rings. The highest BCUT2D eigenvalue weighted by Crippen LogP contribution is 2.66. The number of hydrogen-bond acceptors (Lipinski definition) is 13. The maximum Gasteiger partial charge on any atom is 0.490 e. The zero-order valence-corrected chi connectivity index (χ0v) is 19.4. The van der Waals surface area contributed by atoms with Crippen LogP contribution < -0.4 is 11.4 Å². The molecule has 22 heteroatoms. The number of nitrogens with zero attached hydrogens (tertiary/aromatic N) is 3. The van der Waals surface area contributed by atoms with Gasteiger partial charge in [-0.3, -0.25) is 9.09 Å². The topological polar surface area (TPSA) is 283 Å². The van der Waals surface area contributed by atoms with Crippen molar-refractivity contribution < 1.29 is 65.8 Å². The van der Waals surface area contributed by atoms with Crippen LogP contribution in [0.1, 0.15) is 13.2 Å². The van der Waals surface area contributed by atoms with Crippen molar-refractivity contribution >= 4 is 29.4 Å². The average Bonchev–Trinajstić information content (AvgIpc) is 2.88. The summed E-state index contributed by atoms with van der Waals surface area (Å²) < 4.78 is 64.3. The van der Waals surface area contributed by atoms with Crippen LogP contribution in [0.4, 0.5) is 10.3 Å². The predicted octanol–water partition coefficient (Wildman–Crippen LogP) is -2.09. The van der Waals surface area contributed by atoms with Gasteiger partial charge in [-0.15, -0.1) is 0 Å². The van der Waals surface area contributed by atoms with E-state index in [9.17, 15) is 42.9 Å². The number of aliphatic hydroxyl groups is 2. The van der Waals surface area contributed by atoms with Gasteiger partial charge >= 0.3 is 29.2 Å². The summed E-state index contributed by atoms with van der Waals surface area (Å²) >= 11 is 0. The van der Waals surface area contributed by atoms with E-state index in [1.165, 1.54) is 0 Å². The summed E-state index contributed by atoms with van der Waals surface area (Å²) in [5.41, 5.74) is 1.38. The highest BCUT2D eigenvalue weighted by molar-refractivity contribution is 7.66. The highest BCUT2D eigenvalue weighted by atomic mass is 31.3. The van der Waals surface area contributed by atoms with Gasteiger partial charge in [0.25, 0.3) is 0 Å². The van der Waals surface area contributed by atoms with Crippen LogP contribution >= 0.6 is 23.5 Å². The molecule has 0 radical (unpaired) electrons. The SMILES string of the molecule is C[C@H](OP(=O)(O)OP(=O)(O)OP(=O)(O)O)[C@H]1O[C@@H](n2cnc(N)nc2=O)C(O)(C#CCF)[C@H]1O. The average molecular weight is 554 g/mol. The first-order chi connectivity index (χ1) is 15.4. The molecular formula is C12H18FN4O14P3. The number of phosphoric ester groups is 1. The van der Waals surface area contributed by atoms with Crippen molar-refractivity contribution in [2.45, 2.75) is 37.1 Å². The van der Waals surface area contributed by atoms with Crippen LogP contribution in [0, 0.1) is 11.8 Å². The van der Waals surface area contributed by atoms with Gasteiger partial charge in [0.15, 0.2) is 11.8 Å². The van der Waals surface area contributed by atoms with E-state index in [0.717, 1.165) is 13.3 Å². The summed E-state index contributed by atoms with van der Waals surface area (Å²) in [6, 6.07) is 0. The number of nitrogen functional groups attached to an aromatic ring is 1. The lowest BCUT2D eigenvalue weighted by Crippen LogP contribution is -2.49. The second-order valence-corrected chi connectivity index (χ2v) is 10.8. The molecule has 2 rings (SSSR count). The maximum atomic E-state index is 12.6. The third-order valence-electron chi connectivity index (χ3n) is 3.96. The van der Waals surface area contributed by atoms with Crippen LogP contribution in [-0.2, 0) is 31.6 Å². The Hall–Kier alpha value is -1.61. The van der Waals surface area contributed by atoms with E-state index in [2.05, 4.69) is 23.1 Å². The van der Waals surface area contributed by atoms with Crippen LogP contribution in [0.15, 0.2) is 11.1 Å². The molecule has 0 aliphatic carbocycles. The number of ether oxygens (including phenoxy) is 1. The standard InChI is InChI=1S/C12H18FN4O14P3/c1-6(29-33(24,25)31-34(26,27)30-32(21,22)23)7-8(18)12(20,3-2-4-13)9(28-7)17-5-15-10(14)16-11(17)19/h5-9,18,20H,4H2,1H3,(H,24,25)(H,26,27)(H2,14,16,19)(H2,21,22,23)/t6-,7+,8-,9+,12?/m0/s1. The number of halogens is 1. The van der Waals surface area contributed by atoms with Crippen molar-refractivity contribution in [1.82, 2.24) is 14.5 Å². The number of anilines is 1. The number of rotatable bonds is 8. The molecule has 34 heavy (non-hydrogen) atoms. The van der Waals surface area contributed by atoms with E-state index in [0.29, 0.717) is 4.57 Å². The lowest BCUT2D eigenvalue weighted by atomic mass is 9.93. The summed E-state index contributed by atoms with van der Waals surface area (Å²) in [6.45, 7) is -0.365. The summed E-state index contributed by atoms with van der Waals surface area (Å²) in [7, 11) is -17.1. The maximum absolute atomic E-state index is 12.6. The van der Waals surface area contributed by atoms with Crippen molar-refractivity contribution in [3.05, 3.63) is 16.8 Å². The fourth-order valence-corrected chi connectivity index (χ4v) is 5.96. The fourth-order valence-electron chi connectivity index (χ4n) is 2.76. The van der Waals surface area contributed by atoms with Crippen LogP contribution in [0.2, 0.25) is 0 Å². The Labute approximate surface area is 188 Å². The molecule has 7 atom stereocenters. The molecule has 1 fully saturated rings. The lowest BCUT2D eigenvalue weighted by Gasteiger charge is -2.27. The van der Waals surface area contributed by atoms with E-state index in [1.807, 2.05) is 11.8 Å². The van der Waals surface area contributed by atoms with Gasteiger partial charge in [0, 0.05) is 0 Å². The summed E-state index contributed by atoms with van der Waals surface area (Å²) in [6.07, 6.45) is -7.04. The summed E-state index contributed by atoms with van der Waals surface area (Å²) in [5.74, 6) is 3.33. The second-order valence-electron chi connectivity index (χ2n) is 6.46. The first-order valence-corrected chi connectivity index (χ1v) is 13.1. The Morgan fingerprint density at radius 1 is 1.29 bits per heavy atom. The monoisotopic (exact) mass is 554 g/mol. The Morgan fingerprint density at radius 3 is 2.44 bits per heavy atom. The molecule has 1 aliphatic heterocycles. The largest absolute Gasteiger partial charge is 0.490 e. The van der Waals surface area contributed by atoms with E-state index in [4.69, 9.17) is 20.3 Å². The van der Waals surface area contributed by atoms with Crippen LogP contribution in [0.5, 0.6) is 0 Å². The predicted molar refractivity (Wildman–Crippen MR) is 104 cm³/mol. The molecule has 8 N–H and O–H groups in total. The van der Waals surface area contributed by atoms with E-state index >= 15 is 0 Å². The molecule has 0 aromatic carbocycles. The number of aliphatic hydroxyl groups excluding tert-OH is 1. The Morgan fingerprint density at radius 2 is 1.91 bits per heavy atom. The van der Waals surface area contributed by atoms with Crippen LogP contribution in [0.3, 0.4) is 0 Å². The van der Waals surface area contributed by atoms with Crippen LogP contribution in [0.25, 0.3) is 0 Å². The fraction of sp³-hybridized carbons (Fsp3) is 0.583. The van der Waals surface area contributed by atoms with E-state index in [1.54, 1.807) is 0 Å². The Balaban J connectivity index is 2.34. The number of nitrogens with two attached hydrogens (primary N) is 1. The van der Waals surface area contributed by atoms with Gasteiger partial charge in [-0.1, -0.05) is 11.8 Å². The zero-order valence-electron chi connectivity index (χ0n) is 16.7. The molecule has 0 amide bonds. The highest BCUT2D eigenvalue weighted by Gasteiger charge is 2.58. The number of alkyl halides is 1. The van der Waals surface area contributed by atoms with Crippen molar-refractivity contribution in [2.75, 3.05) is 12.4 Å². The van der Waals surface area contributed by atoms with Gasteiger partial charge in [-0.05, 0) is 6.92 Å². The minimum Gasteiger partial charge on any atom is -0.386 e. The summed E-state index contributed by atoms with van der Waals surface area (Å²) in [5, 5.41) is 21.4. The second kappa shape index (κ2) is 10.2.